The standard InChI is InChI=1S/C17H13N5O4/c18-22-16(23)13-12-8-5-7(1-2-10(8)26-14(12)13)25-11-3-4-19-15-9(11)6-20-17(24)21-15/h1-5,12-14,18H,6H2,(H2,19,20,21,24)/t12-,13-,14-/m0/s1. The first kappa shape index (κ1) is 14.8. The van der Waals surface area contributed by atoms with Gasteiger partial charge >= 0.3 is 6.03 Å². The summed E-state index contributed by atoms with van der Waals surface area (Å²) in [6.45, 7) is 0.324. The lowest BCUT2D eigenvalue weighted by Gasteiger charge is -2.20. The maximum Gasteiger partial charge on any atom is 0.320 e. The number of anilines is 1. The maximum atomic E-state index is 11.6. The molecule has 5 rings (SSSR count). The van der Waals surface area contributed by atoms with Gasteiger partial charge in [0.2, 0.25) is 0 Å². The van der Waals surface area contributed by atoms with Crippen LogP contribution in [0.5, 0.6) is 17.2 Å². The number of hydrogen-bond donors (Lipinski definition) is 3. The molecule has 0 radical (unpaired) electrons. The minimum absolute atomic E-state index is 0.0672. The van der Waals surface area contributed by atoms with Crippen molar-refractivity contribution < 1.29 is 19.1 Å². The van der Waals surface area contributed by atoms with Crippen molar-refractivity contribution in [1.82, 2.24) is 10.3 Å². The average Bonchev–Trinajstić information content (AvgIpc) is 3.24. The van der Waals surface area contributed by atoms with Crippen LogP contribution in [-0.4, -0.2) is 23.0 Å². The molecule has 0 bridgehead atoms. The van der Waals surface area contributed by atoms with Crippen molar-refractivity contribution in [2.45, 2.75) is 18.6 Å². The van der Waals surface area contributed by atoms with Crippen molar-refractivity contribution in [2.24, 2.45) is 11.0 Å². The van der Waals surface area contributed by atoms with Gasteiger partial charge in [0, 0.05) is 17.7 Å². The second-order valence-corrected chi connectivity index (χ2v) is 6.33. The Morgan fingerprint density at radius 1 is 1.38 bits per heavy atom. The first-order valence-corrected chi connectivity index (χ1v) is 8.08. The predicted molar refractivity (Wildman–Crippen MR) is 87.4 cm³/mol. The molecular weight excluding hydrogens is 338 g/mol. The third-order valence-corrected chi connectivity index (χ3v) is 4.85. The number of carbonyl (C=O) groups excluding carboxylic acids is 2. The van der Waals surface area contributed by atoms with Crippen molar-refractivity contribution in [1.29, 1.82) is 5.53 Å². The molecule has 2 aromatic rings. The maximum absolute atomic E-state index is 11.6. The summed E-state index contributed by atoms with van der Waals surface area (Å²) in [6.07, 6.45) is 1.34. The van der Waals surface area contributed by atoms with Crippen LogP contribution in [0.3, 0.4) is 0 Å². The van der Waals surface area contributed by atoms with E-state index in [1.165, 1.54) is 0 Å². The normalized spacial score (nSPS) is 24.2. The molecule has 3 aliphatic rings. The molecule has 3 amide bonds. The van der Waals surface area contributed by atoms with Gasteiger partial charge < -0.3 is 14.8 Å². The van der Waals surface area contributed by atoms with Gasteiger partial charge in [-0.25, -0.2) is 15.3 Å². The van der Waals surface area contributed by atoms with E-state index in [2.05, 4.69) is 20.7 Å². The van der Waals surface area contributed by atoms with Gasteiger partial charge in [-0.3, -0.25) is 10.1 Å². The summed E-state index contributed by atoms with van der Waals surface area (Å²) in [5, 5.41) is 8.33. The molecule has 3 atom stereocenters. The molecule has 2 aliphatic heterocycles. The molecule has 0 spiro atoms. The van der Waals surface area contributed by atoms with Crippen molar-refractivity contribution in [2.75, 3.05) is 5.32 Å². The van der Waals surface area contributed by atoms with Gasteiger partial charge in [-0.1, -0.05) is 0 Å². The van der Waals surface area contributed by atoms with Crippen LogP contribution < -0.4 is 20.1 Å². The Balaban J connectivity index is 1.43. The van der Waals surface area contributed by atoms with E-state index in [1.807, 2.05) is 12.1 Å². The van der Waals surface area contributed by atoms with Crippen LogP contribution in [0.2, 0.25) is 0 Å². The number of nitrogens with zero attached hydrogens (tertiary/aromatic N) is 2. The van der Waals surface area contributed by atoms with Crippen LogP contribution in [0.15, 0.2) is 35.6 Å². The number of fused-ring (bicyclic) bond motifs is 4. The summed E-state index contributed by atoms with van der Waals surface area (Å²) >= 11 is 0. The number of rotatable bonds is 3. The van der Waals surface area contributed by atoms with Crippen LogP contribution in [-0.2, 0) is 11.3 Å². The highest BCUT2D eigenvalue weighted by Crippen LogP contribution is 2.59. The number of amides is 3. The topological polar surface area (TPSA) is 126 Å². The minimum Gasteiger partial charge on any atom is -0.489 e. The fraction of sp³-hybridized carbons (Fsp3) is 0.235. The first-order chi connectivity index (χ1) is 12.7. The molecule has 1 aromatic carbocycles. The van der Waals surface area contributed by atoms with E-state index < -0.39 is 5.91 Å². The van der Waals surface area contributed by atoms with Gasteiger partial charge in [-0.15, -0.1) is 5.11 Å². The summed E-state index contributed by atoms with van der Waals surface area (Å²) in [5.41, 5.74) is 8.54. The Morgan fingerprint density at radius 3 is 3.12 bits per heavy atom. The van der Waals surface area contributed by atoms with Crippen LogP contribution in [0, 0.1) is 11.4 Å². The second kappa shape index (κ2) is 5.25. The summed E-state index contributed by atoms with van der Waals surface area (Å²) in [4.78, 5) is 27.2. The number of urea groups is 1. The zero-order valence-corrected chi connectivity index (χ0v) is 13.4. The summed E-state index contributed by atoms with van der Waals surface area (Å²) in [7, 11) is 0. The van der Waals surface area contributed by atoms with Gasteiger partial charge in [0.25, 0.3) is 5.91 Å². The van der Waals surface area contributed by atoms with E-state index in [1.54, 1.807) is 18.3 Å². The van der Waals surface area contributed by atoms with Gasteiger partial charge in [0.05, 0.1) is 18.0 Å². The minimum atomic E-state index is -0.456. The fourth-order valence-corrected chi connectivity index (χ4v) is 3.57. The molecule has 1 aromatic heterocycles. The average molecular weight is 351 g/mol. The van der Waals surface area contributed by atoms with E-state index >= 15 is 0 Å². The molecule has 1 fully saturated rings. The van der Waals surface area contributed by atoms with Crippen molar-refractivity contribution in [3.05, 3.63) is 41.6 Å². The van der Waals surface area contributed by atoms with E-state index in [0.717, 1.165) is 16.9 Å². The van der Waals surface area contributed by atoms with Crippen LogP contribution in [0.25, 0.3) is 0 Å². The van der Waals surface area contributed by atoms with Crippen LogP contribution in [0.1, 0.15) is 17.0 Å². The number of benzene rings is 1. The Hall–Kier alpha value is -3.49. The first-order valence-electron chi connectivity index (χ1n) is 8.08. The number of nitrogens with one attached hydrogen (secondary N) is 3. The summed E-state index contributed by atoms with van der Waals surface area (Å²) in [6, 6.07) is 6.87. The molecule has 3 heterocycles. The Morgan fingerprint density at radius 2 is 2.27 bits per heavy atom. The van der Waals surface area contributed by atoms with Crippen molar-refractivity contribution in [3.8, 4) is 17.2 Å². The largest absolute Gasteiger partial charge is 0.489 e. The number of pyridine rings is 1. The molecular formula is C17H13N5O4. The number of hydrogen-bond acceptors (Lipinski definition) is 6. The van der Waals surface area contributed by atoms with Crippen molar-refractivity contribution in [3.63, 3.8) is 0 Å². The number of carbonyl (C=O) groups is 2. The van der Waals surface area contributed by atoms with Crippen LogP contribution >= 0.6 is 0 Å². The third kappa shape index (κ3) is 2.13. The lowest BCUT2D eigenvalue weighted by Crippen LogP contribution is -2.34. The Kier molecular flexibility index (Phi) is 2.99. The molecule has 0 unspecified atom stereocenters. The predicted octanol–water partition coefficient (Wildman–Crippen LogP) is 2.54. The lowest BCUT2D eigenvalue weighted by atomic mass is 10.1. The zero-order valence-electron chi connectivity index (χ0n) is 13.4. The van der Waals surface area contributed by atoms with E-state index in [9.17, 15) is 9.59 Å². The summed E-state index contributed by atoms with van der Waals surface area (Å²) < 4.78 is 11.7. The Bertz CT molecular complexity index is 976. The lowest BCUT2D eigenvalue weighted by molar-refractivity contribution is -0.120. The molecule has 1 saturated carbocycles. The van der Waals surface area contributed by atoms with Gasteiger partial charge in [0.1, 0.15) is 29.2 Å². The van der Waals surface area contributed by atoms with Crippen molar-refractivity contribution >= 4 is 17.8 Å². The third-order valence-electron chi connectivity index (χ3n) is 4.85. The fourth-order valence-electron chi connectivity index (χ4n) is 3.57. The molecule has 0 saturated heterocycles. The SMILES string of the molecule is N=NC(=O)[C@@H]1[C@H]2Oc3ccc(Oc4ccnc5c4CNC(=O)N5)cc3[C@H]21. The zero-order chi connectivity index (χ0) is 17.8. The molecule has 130 valence electrons. The highest BCUT2D eigenvalue weighted by Gasteiger charge is 2.62. The summed E-state index contributed by atoms with van der Waals surface area (Å²) in [5.74, 6) is 1.49. The highest BCUT2D eigenvalue weighted by atomic mass is 16.5. The number of ether oxygens (including phenoxy) is 2. The van der Waals surface area contributed by atoms with E-state index in [4.69, 9.17) is 15.0 Å². The van der Waals surface area contributed by atoms with E-state index in [0.29, 0.717) is 23.9 Å². The molecule has 3 N–H and O–H groups in total. The smallest absolute Gasteiger partial charge is 0.320 e. The molecule has 1 aliphatic carbocycles. The second-order valence-electron chi connectivity index (χ2n) is 6.33. The van der Waals surface area contributed by atoms with E-state index in [-0.39, 0.29) is 24.0 Å². The molecule has 26 heavy (non-hydrogen) atoms. The quantitative estimate of drug-likeness (QED) is 0.733. The monoisotopic (exact) mass is 351 g/mol. The van der Waals surface area contributed by atoms with Gasteiger partial charge in [0.15, 0.2) is 0 Å². The number of aromatic nitrogens is 1. The van der Waals surface area contributed by atoms with Gasteiger partial charge in [-0.05, 0) is 24.3 Å². The highest BCUT2D eigenvalue weighted by molar-refractivity contribution is 5.91. The van der Waals surface area contributed by atoms with Crippen LogP contribution in [0.4, 0.5) is 10.6 Å². The molecule has 9 nitrogen and oxygen atoms in total. The molecule has 9 heteroatoms. The Labute approximate surface area is 147 Å². The van der Waals surface area contributed by atoms with Gasteiger partial charge in [-0.2, -0.15) is 0 Å².